The fourth-order valence-electron chi connectivity index (χ4n) is 4.13. The number of aromatic nitrogens is 2. The predicted octanol–water partition coefficient (Wildman–Crippen LogP) is 4.88. The first-order valence-corrected chi connectivity index (χ1v) is 11.7. The van der Waals surface area contributed by atoms with Gasteiger partial charge in [0.05, 0.1) is 19.7 Å². The average Bonchev–Trinajstić information content (AvgIpc) is 3.32. The van der Waals surface area contributed by atoms with E-state index in [4.69, 9.17) is 20.9 Å². The van der Waals surface area contributed by atoms with Gasteiger partial charge in [0.2, 0.25) is 17.6 Å². The van der Waals surface area contributed by atoms with E-state index in [1.807, 2.05) is 36.4 Å². The Morgan fingerprint density at radius 1 is 1.18 bits per heavy atom. The molecule has 0 aliphatic carbocycles. The van der Waals surface area contributed by atoms with Crippen molar-refractivity contribution in [3.8, 4) is 17.1 Å². The summed E-state index contributed by atoms with van der Waals surface area (Å²) in [5, 5.41) is 7.98. The van der Waals surface area contributed by atoms with Crippen LogP contribution in [0.25, 0.3) is 11.4 Å². The summed E-state index contributed by atoms with van der Waals surface area (Å²) in [5.74, 6) is 2.09. The lowest BCUT2D eigenvalue weighted by Crippen LogP contribution is -2.41. The van der Waals surface area contributed by atoms with Gasteiger partial charge in [0.15, 0.2) is 0 Å². The number of hydrogen-bond donors (Lipinski definition) is 1. The first kappa shape index (κ1) is 23.3. The van der Waals surface area contributed by atoms with Crippen LogP contribution < -0.4 is 10.1 Å². The first-order valence-electron chi connectivity index (χ1n) is 11.3. The van der Waals surface area contributed by atoms with Crippen molar-refractivity contribution in [3.63, 3.8) is 0 Å². The molecule has 4 rings (SSSR count). The minimum atomic E-state index is 0.00566. The second-order valence-electron chi connectivity index (χ2n) is 8.31. The quantitative estimate of drug-likeness (QED) is 0.507. The highest BCUT2D eigenvalue weighted by Crippen LogP contribution is 2.24. The Labute approximate surface area is 199 Å². The lowest BCUT2D eigenvalue weighted by atomic mass is 9.94. The van der Waals surface area contributed by atoms with Crippen LogP contribution in [-0.2, 0) is 11.3 Å². The largest absolute Gasteiger partial charge is 0.497 e. The van der Waals surface area contributed by atoms with E-state index in [1.54, 1.807) is 19.2 Å². The fraction of sp³-hybridized carbons (Fsp3) is 0.400. The number of piperidine rings is 1. The number of amides is 1. The Balaban J connectivity index is 1.27. The van der Waals surface area contributed by atoms with E-state index in [0.29, 0.717) is 23.3 Å². The fourth-order valence-corrected chi connectivity index (χ4v) is 4.25. The van der Waals surface area contributed by atoms with Crippen LogP contribution in [0, 0.1) is 5.92 Å². The Morgan fingerprint density at radius 3 is 2.52 bits per heavy atom. The van der Waals surface area contributed by atoms with Gasteiger partial charge in [-0.1, -0.05) is 35.8 Å². The number of likely N-dealkylation sites (tertiary alicyclic amines) is 1. The van der Waals surface area contributed by atoms with Gasteiger partial charge in [-0.15, -0.1) is 0 Å². The first-order chi connectivity index (χ1) is 16.1. The van der Waals surface area contributed by atoms with Crippen LogP contribution in [0.15, 0.2) is 53.1 Å². The second-order valence-corrected chi connectivity index (χ2v) is 8.75. The molecule has 1 unspecified atom stereocenters. The molecule has 0 bridgehead atoms. The monoisotopic (exact) mass is 468 g/mol. The van der Waals surface area contributed by atoms with Crippen LogP contribution in [0.4, 0.5) is 0 Å². The van der Waals surface area contributed by atoms with E-state index in [2.05, 4.69) is 27.3 Å². The number of carbonyl (C=O) groups excluding carboxylic acids is 1. The molecule has 1 fully saturated rings. The second kappa shape index (κ2) is 10.8. The molecule has 0 radical (unpaired) electrons. The molecule has 3 aromatic rings. The van der Waals surface area contributed by atoms with Gasteiger partial charge in [-0.05, 0) is 74.3 Å². The van der Waals surface area contributed by atoms with Gasteiger partial charge in [-0.3, -0.25) is 9.69 Å². The molecular weight excluding hydrogens is 440 g/mol. The Morgan fingerprint density at radius 2 is 1.88 bits per heavy atom. The summed E-state index contributed by atoms with van der Waals surface area (Å²) in [4.78, 5) is 19.7. The summed E-state index contributed by atoms with van der Waals surface area (Å²) < 4.78 is 10.7. The Kier molecular flexibility index (Phi) is 7.62. The van der Waals surface area contributed by atoms with Crippen LogP contribution in [0.1, 0.15) is 43.7 Å². The smallest absolute Gasteiger partial charge is 0.241 e. The summed E-state index contributed by atoms with van der Waals surface area (Å²) in [6, 6.07) is 15.2. The molecule has 1 aliphatic rings. The molecule has 2 heterocycles. The maximum absolute atomic E-state index is 12.9. The number of nitrogens with one attached hydrogen (secondary N) is 1. The molecule has 1 saturated heterocycles. The van der Waals surface area contributed by atoms with Gasteiger partial charge in [-0.25, -0.2) is 0 Å². The number of halogens is 1. The molecule has 1 amide bonds. The number of rotatable bonds is 8. The normalized spacial score (nSPS) is 15.8. The lowest BCUT2D eigenvalue weighted by Gasteiger charge is -2.31. The standard InChI is InChI=1S/C25H29ClN4O3/c1-3-22(17-6-10-21(32-2)11-7-17)27-25(31)19-12-14-30(15-13-19)16-23-28-24(29-33-23)18-4-8-20(26)9-5-18/h4-11,19,22H,3,12-16H2,1-2H3,(H,27,31). The Bertz CT molecular complexity index is 1040. The number of methoxy groups -OCH3 is 1. The molecule has 1 aliphatic heterocycles. The maximum atomic E-state index is 12.9. The third-order valence-electron chi connectivity index (χ3n) is 6.13. The van der Waals surface area contributed by atoms with Gasteiger partial charge < -0.3 is 14.6 Å². The molecule has 174 valence electrons. The van der Waals surface area contributed by atoms with Crippen LogP contribution in [0.3, 0.4) is 0 Å². The van der Waals surface area contributed by atoms with Crippen molar-refractivity contribution in [2.75, 3.05) is 20.2 Å². The van der Waals surface area contributed by atoms with Gasteiger partial charge in [0.1, 0.15) is 5.75 Å². The molecule has 7 nitrogen and oxygen atoms in total. The zero-order valence-electron chi connectivity index (χ0n) is 19.0. The lowest BCUT2D eigenvalue weighted by molar-refractivity contribution is -0.127. The summed E-state index contributed by atoms with van der Waals surface area (Å²) in [6.45, 7) is 4.30. The van der Waals surface area contributed by atoms with E-state index < -0.39 is 0 Å². The topological polar surface area (TPSA) is 80.5 Å². The van der Waals surface area contributed by atoms with Gasteiger partial charge in [-0.2, -0.15) is 4.98 Å². The zero-order valence-corrected chi connectivity index (χ0v) is 19.7. The summed E-state index contributed by atoms with van der Waals surface area (Å²) in [5.41, 5.74) is 1.96. The molecule has 0 spiro atoms. The molecule has 1 atom stereocenters. The van der Waals surface area contributed by atoms with Crippen molar-refractivity contribution in [1.82, 2.24) is 20.4 Å². The highest BCUT2D eigenvalue weighted by molar-refractivity contribution is 6.30. The number of ether oxygens (including phenoxy) is 1. The molecule has 1 aromatic heterocycles. The van der Waals surface area contributed by atoms with Crippen LogP contribution in [0.2, 0.25) is 5.02 Å². The van der Waals surface area contributed by atoms with E-state index in [1.165, 1.54) is 0 Å². The van der Waals surface area contributed by atoms with Crippen LogP contribution >= 0.6 is 11.6 Å². The molecule has 2 aromatic carbocycles. The van der Waals surface area contributed by atoms with Gasteiger partial charge in [0.25, 0.3) is 0 Å². The van der Waals surface area contributed by atoms with Crippen molar-refractivity contribution in [3.05, 3.63) is 65.0 Å². The number of benzene rings is 2. The summed E-state index contributed by atoms with van der Waals surface area (Å²) >= 11 is 5.94. The predicted molar refractivity (Wildman–Crippen MR) is 127 cm³/mol. The van der Waals surface area contributed by atoms with Crippen molar-refractivity contribution < 1.29 is 14.1 Å². The minimum absolute atomic E-state index is 0.00566. The molecular formula is C25H29ClN4O3. The summed E-state index contributed by atoms with van der Waals surface area (Å²) in [6.07, 6.45) is 2.45. The number of carbonyl (C=O) groups is 1. The van der Waals surface area contributed by atoms with Crippen LogP contribution in [-0.4, -0.2) is 41.1 Å². The van der Waals surface area contributed by atoms with E-state index in [0.717, 1.165) is 49.2 Å². The van der Waals surface area contributed by atoms with Crippen molar-refractivity contribution in [2.45, 2.75) is 38.8 Å². The highest BCUT2D eigenvalue weighted by atomic mass is 35.5. The number of nitrogens with zero attached hydrogens (tertiary/aromatic N) is 3. The molecule has 8 heteroatoms. The van der Waals surface area contributed by atoms with Gasteiger partial charge >= 0.3 is 0 Å². The van der Waals surface area contributed by atoms with Crippen LogP contribution in [0.5, 0.6) is 5.75 Å². The van der Waals surface area contributed by atoms with Gasteiger partial charge in [0, 0.05) is 16.5 Å². The van der Waals surface area contributed by atoms with Crippen molar-refractivity contribution >= 4 is 17.5 Å². The van der Waals surface area contributed by atoms with E-state index in [9.17, 15) is 4.79 Å². The van der Waals surface area contributed by atoms with E-state index in [-0.39, 0.29) is 17.9 Å². The van der Waals surface area contributed by atoms with Crippen molar-refractivity contribution in [1.29, 1.82) is 0 Å². The number of hydrogen-bond acceptors (Lipinski definition) is 6. The Hall–Kier alpha value is -2.90. The average molecular weight is 469 g/mol. The SMILES string of the molecule is CCC(NC(=O)C1CCN(Cc2nc(-c3ccc(Cl)cc3)no2)CC1)c1ccc(OC)cc1. The summed E-state index contributed by atoms with van der Waals surface area (Å²) in [7, 11) is 1.65. The minimum Gasteiger partial charge on any atom is -0.497 e. The maximum Gasteiger partial charge on any atom is 0.241 e. The highest BCUT2D eigenvalue weighted by Gasteiger charge is 2.27. The molecule has 33 heavy (non-hydrogen) atoms. The zero-order chi connectivity index (χ0) is 23.2. The molecule has 1 N–H and O–H groups in total. The van der Waals surface area contributed by atoms with Crippen molar-refractivity contribution in [2.24, 2.45) is 5.92 Å². The third kappa shape index (κ3) is 5.92. The van der Waals surface area contributed by atoms with E-state index >= 15 is 0 Å². The third-order valence-corrected chi connectivity index (χ3v) is 6.38. The molecule has 0 saturated carbocycles.